The Hall–Kier alpha value is -2.44. The van der Waals surface area contributed by atoms with E-state index in [-0.39, 0.29) is 13.0 Å². The van der Waals surface area contributed by atoms with Crippen LogP contribution in [-0.4, -0.2) is 35.6 Å². The Kier molecular flexibility index (Phi) is 4.16. The lowest BCUT2D eigenvalue weighted by molar-refractivity contribution is -0.498. The molecule has 1 aromatic carbocycles. The molecule has 1 saturated heterocycles. The molecule has 0 N–H and O–H groups in total. The van der Waals surface area contributed by atoms with Gasteiger partial charge in [-0.1, -0.05) is 18.2 Å². The number of nitro groups is 1. The van der Waals surface area contributed by atoms with Crippen LogP contribution in [0.2, 0.25) is 0 Å². The van der Waals surface area contributed by atoms with Crippen LogP contribution in [-0.2, 0) is 14.3 Å². The second-order valence-electron chi connectivity index (χ2n) is 6.01. The number of ether oxygens (including phenoxy) is 2. The number of esters is 2. The molecule has 0 aromatic heterocycles. The van der Waals surface area contributed by atoms with Crippen LogP contribution in [0.4, 0.5) is 0 Å². The molecule has 0 aliphatic carbocycles. The highest BCUT2D eigenvalue weighted by Gasteiger charge is 2.55. The fraction of sp³-hybridized carbons (Fsp3) is 0.467. The molecule has 1 heterocycles. The van der Waals surface area contributed by atoms with Crippen molar-refractivity contribution in [2.75, 3.05) is 13.2 Å². The van der Waals surface area contributed by atoms with Crippen LogP contribution < -0.4 is 0 Å². The summed E-state index contributed by atoms with van der Waals surface area (Å²) in [5, 5.41) is 10.7. The van der Waals surface area contributed by atoms with Crippen molar-refractivity contribution in [1.82, 2.24) is 0 Å². The zero-order chi connectivity index (χ0) is 16.4. The molecule has 1 aromatic rings. The summed E-state index contributed by atoms with van der Waals surface area (Å²) in [5.74, 6) is -1.13. The van der Waals surface area contributed by atoms with E-state index in [1.807, 2.05) is 0 Å². The van der Waals surface area contributed by atoms with E-state index in [0.717, 1.165) is 0 Å². The normalized spacial score (nSPS) is 27.3. The van der Waals surface area contributed by atoms with E-state index in [1.54, 1.807) is 37.3 Å². The van der Waals surface area contributed by atoms with E-state index in [1.165, 1.54) is 6.92 Å². The number of carbonyl (C=O) groups is 2. The van der Waals surface area contributed by atoms with E-state index in [0.29, 0.717) is 5.56 Å². The first kappa shape index (κ1) is 15.9. The van der Waals surface area contributed by atoms with E-state index < -0.39 is 34.4 Å². The van der Waals surface area contributed by atoms with Gasteiger partial charge in [0.15, 0.2) is 5.60 Å². The molecule has 1 aliphatic heterocycles. The third-order valence-corrected chi connectivity index (χ3v) is 3.59. The van der Waals surface area contributed by atoms with Crippen molar-refractivity contribution in [3.63, 3.8) is 0 Å². The molecule has 1 fully saturated rings. The van der Waals surface area contributed by atoms with Gasteiger partial charge in [-0.2, -0.15) is 0 Å². The van der Waals surface area contributed by atoms with Crippen molar-refractivity contribution < 1.29 is 24.0 Å². The fourth-order valence-corrected chi connectivity index (χ4v) is 2.63. The summed E-state index contributed by atoms with van der Waals surface area (Å²) >= 11 is 0. The number of rotatable bonds is 5. The number of hydrogen-bond acceptors (Lipinski definition) is 6. The van der Waals surface area contributed by atoms with Crippen molar-refractivity contribution in [2.24, 2.45) is 5.41 Å². The molecule has 2 rings (SSSR count). The van der Waals surface area contributed by atoms with E-state index in [4.69, 9.17) is 9.47 Å². The van der Waals surface area contributed by atoms with Gasteiger partial charge in [0.1, 0.15) is 12.0 Å². The molecule has 118 valence electrons. The van der Waals surface area contributed by atoms with Crippen molar-refractivity contribution in [2.45, 2.75) is 25.9 Å². The van der Waals surface area contributed by atoms with Gasteiger partial charge in [0.25, 0.3) is 0 Å². The zero-order valence-corrected chi connectivity index (χ0v) is 12.4. The van der Waals surface area contributed by atoms with Gasteiger partial charge >= 0.3 is 11.9 Å². The fourth-order valence-electron chi connectivity index (χ4n) is 2.63. The maximum atomic E-state index is 12.0. The Bertz CT molecular complexity index is 601. The van der Waals surface area contributed by atoms with Crippen LogP contribution in [0.1, 0.15) is 30.6 Å². The summed E-state index contributed by atoms with van der Waals surface area (Å²) in [7, 11) is 0. The van der Waals surface area contributed by atoms with Gasteiger partial charge in [-0.05, 0) is 26.0 Å². The number of carbonyl (C=O) groups excluding carboxylic acids is 2. The minimum atomic E-state index is -1.17. The minimum Gasteiger partial charge on any atom is -0.461 e. The van der Waals surface area contributed by atoms with Crippen molar-refractivity contribution in [1.29, 1.82) is 0 Å². The lowest BCUT2D eigenvalue weighted by atomic mass is 9.83. The maximum absolute atomic E-state index is 12.0. The lowest BCUT2D eigenvalue weighted by Crippen LogP contribution is -2.34. The van der Waals surface area contributed by atoms with Gasteiger partial charge in [-0.15, -0.1) is 0 Å². The highest BCUT2D eigenvalue weighted by Crippen LogP contribution is 2.40. The predicted molar refractivity (Wildman–Crippen MR) is 75.8 cm³/mol. The number of hydrogen-bond donors (Lipinski definition) is 0. The van der Waals surface area contributed by atoms with Crippen LogP contribution in [0, 0.1) is 15.5 Å². The minimum absolute atomic E-state index is 0.127. The molecule has 1 aliphatic rings. The Morgan fingerprint density at radius 2 is 2.00 bits per heavy atom. The Morgan fingerprint density at radius 3 is 2.59 bits per heavy atom. The second kappa shape index (κ2) is 5.75. The zero-order valence-electron chi connectivity index (χ0n) is 12.4. The first-order valence-electron chi connectivity index (χ1n) is 6.82. The monoisotopic (exact) mass is 307 g/mol. The quantitative estimate of drug-likeness (QED) is 0.468. The first-order chi connectivity index (χ1) is 10.2. The Morgan fingerprint density at radius 1 is 1.36 bits per heavy atom. The third-order valence-electron chi connectivity index (χ3n) is 3.59. The smallest absolute Gasteiger partial charge is 0.338 e. The molecule has 22 heavy (non-hydrogen) atoms. The average Bonchev–Trinajstić information content (AvgIpc) is 2.66. The number of benzene rings is 1. The van der Waals surface area contributed by atoms with Crippen molar-refractivity contribution in [3.8, 4) is 0 Å². The highest BCUT2D eigenvalue weighted by atomic mass is 16.6. The van der Waals surface area contributed by atoms with Crippen LogP contribution >= 0.6 is 0 Å². The third kappa shape index (κ3) is 3.41. The summed E-state index contributed by atoms with van der Waals surface area (Å²) in [5.41, 5.74) is -1.87. The van der Waals surface area contributed by atoms with Gasteiger partial charge in [0, 0.05) is 11.3 Å². The number of cyclic esters (lactones) is 1. The highest BCUT2D eigenvalue weighted by molar-refractivity contribution is 5.89. The molecule has 0 saturated carbocycles. The van der Waals surface area contributed by atoms with Gasteiger partial charge in [-0.3, -0.25) is 14.9 Å². The van der Waals surface area contributed by atoms with Gasteiger partial charge in [0.05, 0.1) is 5.56 Å². The molecule has 0 amide bonds. The van der Waals surface area contributed by atoms with Gasteiger partial charge in [-0.25, -0.2) is 4.79 Å². The van der Waals surface area contributed by atoms with Crippen LogP contribution in [0.5, 0.6) is 0 Å². The van der Waals surface area contributed by atoms with Gasteiger partial charge in [0.2, 0.25) is 6.54 Å². The lowest BCUT2D eigenvalue weighted by Gasteiger charge is -2.20. The standard InChI is InChI=1S/C15H17NO6/c1-14(8-15(2,9-16(19)20)22-13(14)18)10-21-12(17)11-6-4-3-5-7-11/h3-7H,8-10H2,1-2H3. The molecular weight excluding hydrogens is 290 g/mol. The van der Waals surface area contributed by atoms with E-state index in [2.05, 4.69) is 0 Å². The second-order valence-corrected chi connectivity index (χ2v) is 6.01. The largest absolute Gasteiger partial charge is 0.461 e. The summed E-state index contributed by atoms with van der Waals surface area (Å²) < 4.78 is 10.3. The number of nitrogens with zero attached hydrogens (tertiary/aromatic N) is 1. The van der Waals surface area contributed by atoms with E-state index in [9.17, 15) is 19.7 Å². The molecule has 0 spiro atoms. The molecule has 2 unspecified atom stereocenters. The SMILES string of the molecule is CC1(C[N+](=O)[O-])CC(C)(COC(=O)c2ccccc2)C(=O)O1. The van der Waals surface area contributed by atoms with Gasteiger partial charge < -0.3 is 9.47 Å². The average molecular weight is 307 g/mol. The van der Waals surface area contributed by atoms with Crippen LogP contribution in [0.3, 0.4) is 0 Å². The molecular formula is C15H17NO6. The molecule has 7 heteroatoms. The van der Waals surface area contributed by atoms with Crippen LogP contribution in [0.25, 0.3) is 0 Å². The Labute approximate surface area is 127 Å². The van der Waals surface area contributed by atoms with E-state index >= 15 is 0 Å². The molecule has 0 bridgehead atoms. The Balaban J connectivity index is 2.01. The molecule has 0 radical (unpaired) electrons. The maximum Gasteiger partial charge on any atom is 0.338 e. The topological polar surface area (TPSA) is 95.7 Å². The predicted octanol–water partition coefficient (Wildman–Crippen LogP) is 1.83. The first-order valence-corrected chi connectivity index (χ1v) is 6.82. The summed E-state index contributed by atoms with van der Waals surface area (Å²) in [6.45, 7) is 2.45. The van der Waals surface area contributed by atoms with Crippen LogP contribution in [0.15, 0.2) is 30.3 Å². The van der Waals surface area contributed by atoms with Crippen molar-refractivity contribution >= 4 is 11.9 Å². The summed E-state index contributed by atoms with van der Waals surface area (Å²) in [4.78, 5) is 34.1. The summed E-state index contributed by atoms with van der Waals surface area (Å²) in [6, 6.07) is 8.39. The summed E-state index contributed by atoms with van der Waals surface area (Å²) in [6.07, 6.45) is 0.127. The molecule has 7 nitrogen and oxygen atoms in total. The molecule has 2 atom stereocenters. The van der Waals surface area contributed by atoms with Crippen molar-refractivity contribution in [3.05, 3.63) is 46.0 Å².